The van der Waals surface area contributed by atoms with E-state index in [2.05, 4.69) is 5.32 Å². The number of carbonyl (C=O) groups excluding carboxylic acids is 1. The summed E-state index contributed by atoms with van der Waals surface area (Å²) in [4.78, 5) is 10.7. The number of benzene rings is 1. The minimum absolute atomic E-state index is 0.218. The lowest BCUT2D eigenvalue weighted by atomic mass is 10.00. The van der Waals surface area contributed by atoms with Gasteiger partial charge >= 0.3 is 0 Å². The van der Waals surface area contributed by atoms with Crippen molar-refractivity contribution in [3.05, 3.63) is 35.1 Å². The van der Waals surface area contributed by atoms with E-state index in [-0.39, 0.29) is 11.9 Å². The van der Waals surface area contributed by atoms with Gasteiger partial charge in [-0.25, -0.2) is 4.39 Å². The molecule has 1 saturated heterocycles. The average Bonchev–Trinajstić information content (AvgIpc) is 2.70. The van der Waals surface area contributed by atoms with Gasteiger partial charge in [0.05, 0.1) is 0 Å². The van der Waals surface area contributed by atoms with Crippen LogP contribution in [0.4, 0.5) is 4.39 Å². The molecule has 0 aromatic heterocycles. The van der Waals surface area contributed by atoms with Crippen LogP contribution in [0.25, 0.3) is 0 Å². The monoisotopic (exact) mass is 193 g/mol. The molecule has 1 N–H and O–H groups in total. The Hall–Kier alpha value is -1.22. The third-order valence-electron chi connectivity index (χ3n) is 2.61. The molecule has 74 valence electrons. The van der Waals surface area contributed by atoms with Gasteiger partial charge in [-0.3, -0.25) is 4.79 Å². The molecule has 0 amide bonds. The van der Waals surface area contributed by atoms with Gasteiger partial charge in [0.25, 0.3) is 0 Å². The zero-order valence-corrected chi connectivity index (χ0v) is 7.79. The minimum Gasteiger partial charge on any atom is -0.310 e. The van der Waals surface area contributed by atoms with E-state index in [4.69, 9.17) is 0 Å². The van der Waals surface area contributed by atoms with Gasteiger partial charge in [0.2, 0.25) is 0 Å². The Morgan fingerprint density at radius 2 is 2.36 bits per heavy atom. The molecular formula is C11H12FNO. The fraction of sp³-hybridized carbons (Fsp3) is 0.364. The highest BCUT2D eigenvalue weighted by Gasteiger charge is 2.18. The van der Waals surface area contributed by atoms with Crippen molar-refractivity contribution in [2.75, 3.05) is 6.54 Å². The number of carbonyl (C=O) groups is 1. The van der Waals surface area contributed by atoms with Crippen LogP contribution in [0.1, 0.15) is 34.8 Å². The highest BCUT2D eigenvalue weighted by molar-refractivity contribution is 5.77. The van der Waals surface area contributed by atoms with Gasteiger partial charge < -0.3 is 5.32 Å². The molecule has 0 radical (unpaired) electrons. The van der Waals surface area contributed by atoms with Crippen LogP contribution >= 0.6 is 0 Å². The summed E-state index contributed by atoms with van der Waals surface area (Å²) in [5.74, 6) is -0.353. The lowest BCUT2D eigenvalue weighted by Gasteiger charge is -2.12. The van der Waals surface area contributed by atoms with Crippen LogP contribution in [0.3, 0.4) is 0 Å². The van der Waals surface area contributed by atoms with Gasteiger partial charge in [-0.05, 0) is 37.1 Å². The first kappa shape index (κ1) is 9.34. The van der Waals surface area contributed by atoms with Crippen LogP contribution in [-0.4, -0.2) is 12.8 Å². The van der Waals surface area contributed by atoms with Crippen LogP contribution in [0.2, 0.25) is 0 Å². The SMILES string of the molecule is O=Cc1cc(F)ccc1C1CCCN1. The average molecular weight is 193 g/mol. The fourth-order valence-corrected chi connectivity index (χ4v) is 1.92. The largest absolute Gasteiger partial charge is 0.310 e. The maximum absolute atomic E-state index is 12.8. The molecule has 14 heavy (non-hydrogen) atoms. The van der Waals surface area contributed by atoms with E-state index >= 15 is 0 Å². The molecule has 2 rings (SSSR count). The maximum atomic E-state index is 12.8. The normalized spacial score (nSPS) is 21.1. The molecule has 0 spiro atoms. The van der Waals surface area contributed by atoms with Gasteiger partial charge in [0.1, 0.15) is 12.1 Å². The standard InChI is InChI=1S/C11H12FNO/c12-9-3-4-10(8(6-9)7-14)11-2-1-5-13-11/h3-4,6-7,11,13H,1-2,5H2. The van der Waals surface area contributed by atoms with Crippen molar-refractivity contribution in [2.45, 2.75) is 18.9 Å². The summed E-state index contributed by atoms with van der Waals surface area (Å²) >= 11 is 0. The Morgan fingerprint density at radius 1 is 1.50 bits per heavy atom. The van der Waals surface area contributed by atoms with Crippen molar-refractivity contribution in [1.82, 2.24) is 5.32 Å². The third kappa shape index (κ3) is 1.68. The first-order chi connectivity index (χ1) is 6.81. The number of halogens is 1. The first-order valence-corrected chi connectivity index (χ1v) is 4.79. The Bertz CT molecular complexity index is 345. The molecule has 1 aliphatic rings. The zero-order chi connectivity index (χ0) is 9.97. The van der Waals surface area contributed by atoms with Gasteiger partial charge in [0.15, 0.2) is 0 Å². The number of hydrogen-bond acceptors (Lipinski definition) is 2. The highest BCUT2D eigenvalue weighted by Crippen LogP contribution is 2.25. The molecule has 0 aliphatic carbocycles. The molecule has 1 aliphatic heterocycles. The molecule has 3 heteroatoms. The third-order valence-corrected chi connectivity index (χ3v) is 2.61. The molecule has 1 atom stereocenters. The van der Waals surface area contributed by atoms with Crippen molar-refractivity contribution in [3.63, 3.8) is 0 Å². The zero-order valence-electron chi connectivity index (χ0n) is 7.79. The Labute approximate surface area is 82.1 Å². The molecule has 1 fully saturated rings. The van der Waals surface area contributed by atoms with Gasteiger partial charge in [0, 0.05) is 11.6 Å². The Balaban J connectivity index is 2.35. The summed E-state index contributed by atoms with van der Waals surface area (Å²) in [7, 11) is 0. The molecule has 1 aromatic rings. The molecule has 1 heterocycles. The maximum Gasteiger partial charge on any atom is 0.150 e. The Kier molecular flexibility index (Phi) is 2.59. The summed E-state index contributed by atoms with van der Waals surface area (Å²) in [6.45, 7) is 0.973. The quantitative estimate of drug-likeness (QED) is 0.728. The second kappa shape index (κ2) is 3.88. The van der Waals surface area contributed by atoms with E-state index in [1.807, 2.05) is 0 Å². The van der Waals surface area contributed by atoms with E-state index in [1.165, 1.54) is 12.1 Å². The predicted molar refractivity (Wildman–Crippen MR) is 51.8 cm³/mol. The smallest absolute Gasteiger partial charge is 0.150 e. The minimum atomic E-state index is -0.353. The predicted octanol–water partition coefficient (Wildman–Crippen LogP) is 2.06. The number of hydrogen-bond donors (Lipinski definition) is 1. The second-order valence-electron chi connectivity index (χ2n) is 3.54. The van der Waals surface area contributed by atoms with E-state index in [9.17, 15) is 9.18 Å². The number of nitrogens with one attached hydrogen (secondary N) is 1. The number of aldehydes is 1. The molecule has 0 bridgehead atoms. The van der Waals surface area contributed by atoms with Gasteiger partial charge in [-0.15, -0.1) is 0 Å². The van der Waals surface area contributed by atoms with E-state index in [0.717, 1.165) is 31.2 Å². The lowest BCUT2D eigenvalue weighted by molar-refractivity contribution is 0.112. The number of rotatable bonds is 2. The first-order valence-electron chi connectivity index (χ1n) is 4.79. The van der Waals surface area contributed by atoms with Crippen molar-refractivity contribution in [3.8, 4) is 0 Å². The summed E-state index contributed by atoms with van der Waals surface area (Å²) in [5, 5.41) is 3.29. The van der Waals surface area contributed by atoms with Crippen LogP contribution in [0.15, 0.2) is 18.2 Å². The van der Waals surface area contributed by atoms with Gasteiger partial charge in [-0.1, -0.05) is 6.07 Å². The van der Waals surface area contributed by atoms with Crippen LogP contribution in [0.5, 0.6) is 0 Å². The van der Waals surface area contributed by atoms with Crippen molar-refractivity contribution >= 4 is 6.29 Å². The van der Waals surface area contributed by atoms with E-state index in [0.29, 0.717) is 5.56 Å². The Morgan fingerprint density at radius 3 is 3.00 bits per heavy atom. The summed E-state index contributed by atoms with van der Waals surface area (Å²) in [6.07, 6.45) is 2.85. The van der Waals surface area contributed by atoms with Crippen molar-refractivity contribution < 1.29 is 9.18 Å². The van der Waals surface area contributed by atoms with Crippen LogP contribution < -0.4 is 5.32 Å². The summed E-state index contributed by atoms with van der Waals surface area (Å²) in [6, 6.07) is 4.61. The summed E-state index contributed by atoms with van der Waals surface area (Å²) in [5.41, 5.74) is 1.38. The topological polar surface area (TPSA) is 29.1 Å². The van der Waals surface area contributed by atoms with Crippen molar-refractivity contribution in [1.29, 1.82) is 0 Å². The summed E-state index contributed by atoms with van der Waals surface area (Å²) < 4.78 is 12.8. The van der Waals surface area contributed by atoms with E-state index in [1.54, 1.807) is 6.07 Å². The van der Waals surface area contributed by atoms with Crippen LogP contribution in [-0.2, 0) is 0 Å². The second-order valence-corrected chi connectivity index (χ2v) is 3.54. The molecule has 1 aromatic carbocycles. The fourth-order valence-electron chi connectivity index (χ4n) is 1.92. The molecular weight excluding hydrogens is 181 g/mol. The molecule has 0 saturated carbocycles. The molecule has 2 nitrogen and oxygen atoms in total. The van der Waals surface area contributed by atoms with Crippen molar-refractivity contribution in [2.24, 2.45) is 0 Å². The lowest BCUT2D eigenvalue weighted by Crippen LogP contribution is -2.14. The molecule has 1 unspecified atom stereocenters. The highest BCUT2D eigenvalue weighted by atomic mass is 19.1. The van der Waals surface area contributed by atoms with E-state index < -0.39 is 0 Å². The van der Waals surface area contributed by atoms with Gasteiger partial charge in [-0.2, -0.15) is 0 Å². The van der Waals surface area contributed by atoms with Crippen LogP contribution in [0, 0.1) is 5.82 Å².